The Kier molecular flexibility index (Phi) is 12.4. The number of carbonyl (C=O) groups excluding carboxylic acids is 2. The Morgan fingerprint density at radius 3 is 2.28 bits per heavy atom. The molecule has 1 aliphatic rings. The van der Waals surface area contributed by atoms with E-state index in [-0.39, 0.29) is 5.91 Å². The summed E-state index contributed by atoms with van der Waals surface area (Å²) < 4.78 is 0. The van der Waals surface area contributed by atoms with Gasteiger partial charge in [0.1, 0.15) is 0 Å². The van der Waals surface area contributed by atoms with Gasteiger partial charge in [0.2, 0.25) is 11.8 Å². The van der Waals surface area contributed by atoms with Crippen LogP contribution in [-0.2, 0) is 9.59 Å². The SMILES string of the molecule is CCCCCCCCCC1CCCCCN1C(=O)CCCCC(N)=O. The Morgan fingerprint density at radius 2 is 1.56 bits per heavy atom. The van der Waals surface area contributed by atoms with E-state index < -0.39 is 0 Å². The third-order valence-electron chi connectivity index (χ3n) is 5.40. The van der Waals surface area contributed by atoms with Gasteiger partial charge in [0, 0.05) is 25.4 Å². The molecule has 0 aromatic rings. The molecule has 0 aromatic heterocycles. The van der Waals surface area contributed by atoms with Crippen molar-refractivity contribution in [3.05, 3.63) is 0 Å². The molecule has 1 rings (SSSR count). The first kappa shape index (κ1) is 22.0. The number of carbonyl (C=O) groups is 2. The molecule has 1 heterocycles. The summed E-state index contributed by atoms with van der Waals surface area (Å²) in [4.78, 5) is 25.6. The molecule has 1 fully saturated rings. The molecule has 0 spiro atoms. The Bertz CT molecular complexity index is 371. The number of likely N-dealkylation sites (tertiary alicyclic amines) is 1. The Morgan fingerprint density at radius 1 is 0.880 bits per heavy atom. The number of unbranched alkanes of at least 4 members (excludes halogenated alkanes) is 7. The highest BCUT2D eigenvalue weighted by atomic mass is 16.2. The molecular formula is C21H40N2O2. The molecule has 1 aliphatic heterocycles. The van der Waals surface area contributed by atoms with Crippen LogP contribution in [0, 0.1) is 0 Å². The average molecular weight is 353 g/mol. The molecule has 1 saturated heterocycles. The fourth-order valence-electron chi connectivity index (χ4n) is 3.86. The maximum atomic E-state index is 12.6. The number of rotatable bonds is 13. The zero-order valence-corrected chi connectivity index (χ0v) is 16.4. The molecule has 0 radical (unpaired) electrons. The minimum atomic E-state index is -0.265. The van der Waals surface area contributed by atoms with Gasteiger partial charge < -0.3 is 10.6 Å². The molecule has 0 bridgehead atoms. The third-order valence-corrected chi connectivity index (χ3v) is 5.40. The van der Waals surface area contributed by atoms with Crippen LogP contribution >= 0.6 is 0 Å². The van der Waals surface area contributed by atoms with Crippen LogP contribution in [0.1, 0.15) is 110 Å². The summed E-state index contributed by atoms with van der Waals surface area (Å²) in [5.41, 5.74) is 5.17. The highest BCUT2D eigenvalue weighted by Gasteiger charge is 2.24. The smallest absolute Gasteiger partial charge is 0.222 e. The summed E-state index contributed by atoms with van der Waals surface area (Å²) in [5.74, 6) is 0.0263. The van der Waals surface area contributed by atoms with Crippen molar-refractivity contribution in [3.63, 3.8) is 0 Å². The van der Waals surface area contributed by atoms with E-state index in [1.807, 2.05) is 0 Å². The molecule has 2 amide bonds. The minimum Gasteiger partial charge on any atom is -0.370 e. The lowest BCUT2D eigenvalue weighted by molar-refractivity contribution is -0.134. The normalized spacial score (nSPS) is 18.1. The van der Waals surface area contributed by atoms with Crippen LogP contribution in [0.3, 0.4) is 0 Å². The van der Waals surface area contributed by atoms with Gasteiger partial charge in [-0.05, 0) is 32.1 Å². The Labute approximate surface area is 154 Å². The number of amides is 2. The van der Waals surface area contributed by atoms with E-state index >= 15 is 0 Å². The summed E-state index contributed by atoms with van der Waals surface area (Å²) in [6, 6.07) is 0.446. The first-order valence-electron chi connectivity index (χ1n) is 10.7. The summed E-state index contributed by atoms with van der Waals surface area (Å²) in [6.45, 7) is 3.18. The van der Waals surface area contributed by atoms with Crippen LogP contribution in [0.4, 0.5) is 0 Å². The fraction of sp³-hybridized carbons (Fsp3) is 0.905. The topological polar surface area (TPSA) is 63.4 Å². The predicted octanol–water partition coefficient (Wildman–Crippen LogP) is 4.94. The zero-order chi connectivity index (χ0) is 18.3. The fourth-order valence-corrected chi connectivity index (χ4v) is 3.86. The second-order valence-electron chi connectivity index (χ2n) is 7.67. The molecule has 0 saturated carbocycles. The lowest BCUT2D eigenvalue weighted by Gasteiger charge is -2.30. The van der Waals surface area contributed by atoms with Gasteiger partial charge in [0.15, 0.2) is 0 Å². The average Bonchev–Trinajstić information content (AvgIpc) is 2.83. The van der Waals surface area contributed by atoms with Gasteiger partial charge in [-0.25, -0.2) is 0 Å². The van der Waals surface area contributed by atoms with Crippen molar-refractivity contribution in [2.75, 3.05) is 6.54 Å². The van der Waals surface area contributed by atoms with Gasteiger partial charge in [-0.3, -0.25) is 9.59 Å². The van der Waals surface area contributed by atoms with E-state index in [0.717, 1.165) is 25.8 Å². The monoisotopic (exact) mass is 352 g/mol. The largest absolute Gasteiger partial charge is 0.370 e. The molecule has 25 heavy (non-hydrogen) atoms. The Hall–Kier alpha value is -1.06. The zero-order valence-electron chi connectivity index (χ0n) is 16.4. The molecule has 0 aromatic carbocycles. The van der Waals surface area contributed by atoms with Crippen LogP contribution in [0.5, 0.6) is 0 Å². The quantitative estimate of drug-likeness (QED) is 0.477. The number of hydrogen-bond acceptors (Lipinski definition) is 2. The summed E-state index contributed by atoms with van der Waals surface area (Å²) in [5, 5.41) is 0. The van der Waals surface area contributed by atoms with Gasteiger partial charge >= 0.3 is 0 Å². The molecule has 1 unspecified atom stereocenters. The summed E-state index contributed by atoms with van der Waals surface area (Å²) >= 11 is 0. The molecule has 2 N–H and O–H groups in total. The van der Waals surface area contributed by atoms with Crippen LogP contribution in [0.2, 0.25) is 0 Å². The van der Waals surface area contributed by atoms with Gasteiger partial charge in [0.25, 0.3) is 0 Å². The third kappa shape index (κ3) is 10.5. The first-order valence-corrected chi connectivity index (χ1v) is 10.7. The van der Waals surface area contributed by atoms with Crippen LogP contribution < -0.4 is 5.73 Å². The minimum absolute atomic E-state index is 0.265. The van der Waals surface area contributed by atoms with E-state index in [0.29, 0.717) is 24.8 Å². The predicted molar refractivity (Wildman–Crippen MR) is 104 cm³/mol. The van der Waals surface area contributed by atoms with Crippen LogP contribution in [-0.4, -0.2) is 29.3 Å². The molecule has 146 valence electrons. The van der Waals surface area contributed by atoms with E-state index in [2.05, 4.69) is 11.8 Å². The second kappa shape index (κ2) is 14.1. The lowest BCUT2D eigenvalue weighted by atomic mass is 10.0. The van der Waals surface area contributed by atoms with Gasteiger partial charge in [-0.1, -0.05) is 64.7 Å². The van der Waals surface area contributed by atoms with Gasteiger partial charge in [0.05, 0.1) is 0 Å². The highest BCUT2D eigenvalue weighted by Crippen LogP contribution is 2.23. The number of nitrogens with zero attached hydrogens (tertiary/aromatic N) is 1. The highest BCUT2D eigenvalue weighted by molar-refractivity contribution is 5.77. The standard InChI is InChI=1S/C21H40N2O2/c1-2-3-4-5-6-7-9-14-19-15-10-8-13-18-23(19)21(25)17-12-11-16-20(22)24/h19H,2-18H2,1H3,(H2,22,24). The first-order chi connectivity index (χ1) is 12.1. The van der Waals surface area contributed by atoms with Crippen molar-refractivity contribution in [2.24, 2.45) is 5.73 Å². The van der Waals surface area contributed by atoms with Crippen molar-refractivity contribution in [2.45, 2.75) is 116 Å². The van der Waals surface area contributed by atoms with E-state index in [1.165, 1.54) is 70.6 Å². The molecule has 1 atom stereocenters. The maximum Gasteiger partial charge on any atom is 0.222 e. The Balaban J connectivity index is 2.29. The molecule has 0 aliphatic carbocycles. The van der Waals surface area contributed by atoms with Crippen molar-refractivity contribution >= 4 is 11.8 Å². The van der Waals surface area contributed by atoms with Crippen LogP contribution in [0.15, 0.2) is 0 Å². The number of hydrogen-bond donors (Lipinski definition) is 1. The maximum absolute atomic E-state index is 12.6. The van der Waals surface area contributed by atoms with Crippen molar-refractivity contribution in [1.29, 1.82) is 0 Å². The molecule has 4 nitrogen and oxygen atoms in total. The number of nitrogens with two attached hydrogens (primary N) is 1. The molecule has 4 heteroatoms. The summed E-state index contributed by atoms with van der Waals surface area (Å²) in [7, 11) is 0. The van der Waals surface area contributed by atoms with E-state index in [4.69, 9.17) is 5.73 Å². The van der Waals surface area contributed by atoms with Crippen molar-refractivity contribution in [3.8, 4) is 0 Å². The van der Waals surface area contributed by atoms with E-state index in [1.54, 1.807) is 0 Å². The summed E-state index contributed by atoms with van der Waals surface area (Å²) in [6.07, 6.45) is 17.8. The van der Waals surface area contributed by atoms with E-state index in [9.17, 15) is 9.59 Å². The lowest BCUT2D eigenvalue weighted by Crippen LogP contribution is -2.40. The van der Waals surface area contributed by atoms with Crippen molar-refractivity contribution < 1.29 is 9.59 Å². The molecular weight excluding hydrogens is 312 g/mol. The van der Waals surface area contributed by atoms with Gasteiger partial charge in [-0.15, -0.1) is 0 Å². The van der Waals surface area contributed by atoms with Crippen LogP contribution in [0.25, 0.3) is 0 Å². The second-order valence-corrected chi connectivity index (χ2v) is 7.67. The van der Waals surface area contributed by atoms with Gasteiger partial charge in [-0.2, -0.15) is 0 Å². The number of primary amides is 1. The van der Waals surface area contributed by atoms with Crippen molar-refractivity contribution in [1.82, 2.24) is 4.90 Å².